The maximum Gasteiger partial charge on any atom is 0.213 e. The van der Waals surface area contributed by atoms with Crippen LogP contribution in [0.3, 0.4) is 0 Å². The first-order valence-corrected chi connectivity index (χ1v) is 9.41. The van der Waals surface area contributed by atoms with Crippen molar-refractivity contribution in [3.63, 3.8) is 0 Å². The number of nitrogens with zero attached hydrogens (tertiary/aromatic N) is 2. The van der Waals surface area contributed by atoms with Crippen LogP contribution >= 0.6 is 0 Å². The first-order valence-electron chi connectivity index (χ1n) is 9.41. The lowest BCUT2D eigenvalue weighted by atomic mass is 9.94. The lowest BCUT2D eigenvalue weighted by Crippen LogP contribution is -2.36. The molecular formula is C22H28N4O. The number of guanidine groups is 1. The van der Waals surface area contributed by atoms with Gasteiger partial charge in [-0.15, -0.1) is 0 Å². The van der Waals surface area contributed by atoms with Gasteiger partial charge < -0.3 is 15.1 Å². The van der Waals surface area contributed by atoms with E-state index in [1.807, 2.05) is 0 Å². The Morgan fingerprint density at radius 2 is 1.85 bits per heavy atom. The van der Waals surface area contributed by atoms with Crippen LogP contribution in [0.4, 0.5) is 0 Å². The van der Waals surface area contributed by atoms with Gasteiger partial charge in [0.05, 0.1) is 19.3 Å². The largest absolute Gasteiger partial charge is 0.443 e. The molecular weight excluding hydrogens is 336 g/mol. The number of fused-ring (bicyclic) bond motifs is 1. The third kappa shape index (κ3) is 5.09. The molecule has 0 saturated heterocycles. The molecule has 2 aromatic carbocycles. The number of aromatic nitrogens is 1. The number of hydrogen-bond acceptors (Lipinski definition) is 3. The topological polar surface area (TPSA) is 62.5 Å². The second-order valence-electron chi connectivity index (χ2n) is 7.60. The van der Waals surface area contributed by atoms with Gasteiger partial charge in [-0.05, 0) is 29.3 Å². The van der Waals surface area contributed by atoms with Gasteiger partial charge in [-0.25, -0.2) is 9.98 Å². The number of rotatable bonds is 5. The van der Waals surface area contributed by atoms with E-state index in [9.17, 15) is 0 Å². The number of benzene rings is 2. The summed E-state index contributed by atoms with van der Waals surface area (Å²) in [6.45, 7) is 10.3. The van der Waals surface area contributed by atoms with Crippen LogP contribution in [0, 0.1) is 0 Å². The van der Waals surface area contributed by atoms with E-state index in [1.165, 1.54) is 16.3 Å². The Kier molecular flexibility index (Phi) is 5.79. The van der Waals surface area contributed by atoms with Gasteiger partial charge in [0.25, 0.3) is 0 Å². The van der Waals surface area contributed by atoms with E-state index in [-0.39, 0.29) is 5.41 Å². The fourth-order valence-electron chi connectivity index (χ4n) is 2.75. The molecule has 0 unspecified atom stereocenters. The summed E-state index contributed by atoms with van der Waals surface area (Å²) < 4.78 is 5.83. The molecule has 0 spiro atoms. The van der Waals surface area contributed by atoms with Crippen molar-refractivity contribution >= 4 is 16.7 Å². The van der Waals surface area contributed by atoms with E-state index in [0.29, 0.717) is 19.0 Å². The van der Waals surface area contributed by atoms with Gasteiger partial charge >= 0.3 is 0 Å². The standard InChI is InChI=1S/C22H28N4O/c1-5-23-21(26-15-20-24-14-19(27-20)22(2,3)4)25-13-16-10-11-17-8-6-7-9-18(17)12-16/h6-12,14H,5,13,15H2,1-4H3,(H2,23,25,26). The van der Waals surface area contributed by atoms with Crippen LogP contribution in [-0.4, -0.2) is 17.5 Å². The lowest BCUT2D eigenvalue weighted by molar-refractivity contribution is 0.379. The van der Waals surface area contributed by atoms with Crippen molar-refractivity contribution in [2.75, 3.05) is 6.54 Å². The minimum Gasteiger partial charge on any atom is -0.443 e. The second-order valence-corrected chi connectivity index (χ2v) is 7.60. The van der Waals surface area contributed by atoms with Crippen LogP contribution in [0.25, 0.3) is 10.8 Å². The molecule has 0 aliphatic rings. The number of hydrogen-bond donors (Lipinski definition) is 2. The van der Waals surface area contributed by atoms with Crippen LogP contribution in [-0.2, 0) is 18.5 Å². The highest BCUT2D eigenvalue weighted by Gasteiger charge is 2.19. The highest BCUT2D eigenvalue weighted by Crippen LogP contribution is 2.22. The summed E-state index contributed by atoms with van der Waals surface area (Å²) >= 11 is 0. The average molecular weight is 364 g/mol. The average Bonchev–Trinajstić information content (AvgIpc) is 3.13. The van der Waals surface area contributed by atoms with E-state index in [2.05, 4.69) is 90.8 Å². The van der Waals surface area contributed by atoms with Gasteiger partial charge in [0.1, 0.15) is 5.76 Å². The zero-order valence-electron chi connectivity index (χ0n) is 16.5. The molecule has 3 rings (SSSR count). The van der Waals surface area contributed by atoms with Crippen molar-refractivity contribution in [2.24, 2.45) is 4.99 Å². The van der Waals surface area contributed by atoms with E-state index in [0.717, 1.165) is 18.3 Å². The van der Waals surface area contributed by atoms with Crippen LogP contribution < -0.4 is 10.6 Å². The van der Waals surface area contributed by atoms with Crippen LogP contribution in [0.5, 0.6) is 0 Å². The van der Waals surface area contributed by atoms with Crippen molar-refractivity contribution < 1.29 is 4.42 Å². The summed E-state index contributed by atoms with van der Waals surface area (Å²) in [5, 5.41) is 9.04. The van der Waals surface area contributed by atoms with Crippen molar-refractivity contribution in [3.05, 3.63) is 65.9 Å². The van der Waals surface area contributed by atoms with E-state index >= 15 is 0 Å². The Hall–Kier alpha value is -2.82. The minimum atomic E-state index is -0.0417. The van der Waals surface area contributed by atoms with E-state index in [1.54, 1.807) is 6.20 Å². The lowest BCUT2D eigenvalue weighted by Gasteiger charge is -2.13. The van der Waals surface area contributed by atoms with Gasteiger partial charge in [-0.2, -0.15) is 0 Å². The summed E-state index contributed by atoms with van der Waals surface area (Å²) in [6.07, 6.45) is 1.80. The van der Waals surface area contributed by atoms with Crippen molar-refractivity contribution in [3.8, 4) is 0 Å². The maximum absolute atomic E-state index is 5.83. The fraction of sp³-hybridized carbons (Fsp3) is 0.364. The van der Waals surface area contributed by atoms with E-state index < -0.39 is 0 Å². The summed E-state index contributed by atoms with van der Waals surface area (Å²) in [5.41, 5.74) is 1.14. The fourth-order valence-corrected chi connectivity index (χ4v) is 2.75. The first-order chi connectivity index (χ1) is 13.0. The molecule has 5 nitrogen and oxygen atoms in total. The number of oxazole rings is 1. The Labute approximate surface area is 160 Å². The summed E-state index contributed by atoms with van der Waals surface area (Å²) in [4.78, 5) is 9.04. The third-order valence-electron chi connectivity index (χ3n) is 4.28. The maximum atomic E-state index is 5.83. The molecule has 0 radical (unpaired) electrons. The molecule has 0 bridgehead atoms. The Morgan fingerprint density at radius 3 is 2.56 bits per heavy atom. The molecule has 2 N–H and O–H groups in total. The zero-order valence-corrected chi connectivity index (χ0v) is 16.5. The van der Waals surface area contributed by atoms with Crippen molar-refractivity contribution in [1.29, 1.82) is 0 Å². The molecule has 0 amide bonds. The molecule has 3 aromatic rings. The minimum absolute atomic E-state index is 0.0417. The summed E-state index contributed by atoms with van der Waals surface area (Å²) in [5.74, 6) is 2.30. The van der Waals surface area contributed by atoms with Crippen molar-refractivity contribution in [2.45, 2.75) is 46.2 Å². The smallest absolute Gasteiger partial charge is 0.213 e. The van der Waals surface area contributed by atoms with Gasteiger partial charge in [0.2, 0.25) is 5.89 Å². The highest BCUT2D eigenvalue weighted by molar-refractivity contribution is 5.83. The summed E-state index contributed by atoms with van der Waals surface area (Å²) in [7, 11) is 0. The zero-order chi connectivity index (χ0) is 19.3. The first kappa shape index (κ1) is 19.0. The van der Waals surface area contributed by atoms with Crippen molar-refractivity contribution in [1.82, 2.24) is 15.6 Å². The molecule has 0 aliphatic heterocycles. The molecule has 27 heavy (non-hydrogen) atoms. The second kappa shape index (κ2) is 8.25. The SMILES string of the molecule is CCNC(=NCc1ccc2ccccc2c1)NCc1ncc(C(C)(C)C)o1. The molecule has 142 valence electrons. The van der Waals surface area contributed by atoms with E-state index in [4.69, 9.17) is 4.42 Å². The highest BCUT2D eigenvalue weighted by atomic mass is 16.4. The van der Waals surface area contributed by atoms with Crippen LogP contribution in [0.15, 0.2) is 58.1 Å². The Bertz CT molecular complexity index is 921. The van der Waals surface area contributed by atoms with Crippen LogP contribution in [0.1, 0.15) is 44.9 Å². The molecule has 1 heterocycles. The molecule has 0 atom stereocenters. The number of aliphatic imine (C=N–C) groups is 1. The molecule has 5 heteroatoms. The molecule has 0 aliphatic carbocycles. The van der Waals surface area contributed by atoms with Crippen LogP contribution in [0.2, 0.25) is 0 Å². The molecule has 0 fully saturated rings. The molecule has 0 saturated carbocycles. The third-order valence-corrected chi connectivity index (χ3v) is 4.28. The van der Waals surface area contributed by atoms with Gasteiger partial charge in [0, 0.05) is 12.0 Å². The Morgan fingerprint density at radius 1 is 1.07 bits per heavy atom. The number of nitrogens with one attached hydrogen (secondary N) is 2. The predicted octanol–water partition coefficient (Wildman–Crippen LogP) is 4.38. The normalized spacial score (nSPS) is 12.4. The predicted molar refractivity (Wildman–Crippen MR) is 111 cm³/mol. The summed E-state index contributed by atoms with van der Waals surface area (Å²) in [6, 6.07) is 14.8. The monoisotopic (exact) mass is 364 g/mol. The Balaban J connectivity index is 1.65. The van der Waals surface area contributed by atoms with Gasteiger partial charge in [0.15, 0.2) is 5.96 Å². The molecule has 1 aromatic heterocycles. The quantitative estimate of drug-likeness (QED) is 0.521. The van der Waals surface area contributed by atoms with Gasteiger partial charge in [-0.1, -0.05) is 57.2 Å². The van der Waals surface area contributed by atoms with Gasteiger partial charge in [-0.3, -0.25) is 0 Å².